The van der Waals surface area contributed by atoms with Gasteiger partial charge >= 0.3 is 0 Å². The molecule has 0 saturated carbocycles. The molecule has 1 aromatic heterocycles. The number of thioether (sulfide) groups is 1. The molecule has 0 aliphatic rings. The van der Waals surface area contributed by atoms with Gasteiger partial charge < -0.3 is 14.8 Å². The van der Waals surface area contributed by atoms with E-state index in [1.165, 1.54) is 11.8 Å². The summed E-state index contributed by atoms with van der Waals surface area (Å²) in [5.74, 6) is 2.34. The summed E-state index contributed by atoms with van der Waals surface area (Å²) in [5, 5.41) is 12.8. The number of halogens is 1. The molecule has 0 unspecified atom stereocenters. The molecule has 2 aromatic carbocycles. The Morgan fingerprint density at radius 3 is 2.38 bits per heavy atom. The van der Waals surface area contributed by atoms with Crippen LogP contribution < -0.4 is 14.8 Å². The second kappa shape index (κ2) is 12.4. The zero-order valence-corrected chi connectivity index (χ0v) is 19.8. The Morgan fingerprint density at radius 2 is 1.72 bits per heavy atom. The lowest BCUT2D eigenvalue weighted by atomic mass is 10.3. The number of benzene rings is 2. The maximum absolute atomic E-state index is 12.1. The summed E-state index contributed by atoms with van der Waals surface area (Å²) in [4.78, 5) is 12.1. The van der Waals surface area contributed by atoms with E-state index in [0.29, 0.717) is 34.9 Å². The van der Waals surface area contributed by atoms with Gasteiger partial charge in [0.25, 0.3) is 0 Å². The molecular weight excluding hydrogens is 448 g/mol. The molecule has 0 bridgehead atoms. The molecule has 170 valence electrons. The Hall–Kier alpha value is -2.71. The average molecular weight is 475 g/mol. The molecule has 1 heterocycles. The number of nitrogens with zero attached hydrogens (tertiary/aromatic N) is 3. The van der Waals surface area contributed by atoms with E-state index in [-0.39, 0.29) is 18.3 Å². The minimum absolute atomic E-state index is 0.0266. The van der Waals surface area contributed by atoms with Crippen LogP contribution in [0.4, 0.5) is 0 Å². The Labute approximate surface area is 197 Å². The Kier molecular flexibility index (Phi) is 9.25. The molecule has 1 N–H and O–H groups in total. The lowest BCUT2D eigenvalue weighted by molar-refractivity contribution is -0.118. The number of hydrogen-bond acceptors (Lipinski definition) is 6. The predicted octanol–water partition coefficient (Wildman–Crippen LogP) is 4.91. The Morgan fingerprint density at radius 1 is 1.03 bits per heavy atom. The molecule has 3 aromatic rings. The van der Waals surface area contributed by atoms with Gasteiger partial charge in [0.15, 0.2) is 11.0 Å². The largest absolute Gasteiger partial charge is 0.494 e. The van der Waals surface area contributed by atoms with Crippen LogP contribution in [0.15, 0.2) is 53.7 Å². The van der Waals surface area contributed by atoms with Crippen LogP contribution in [0.5, 0.6) is 11.5 Å². The first-order valence-corrected chi connectivity index (χ1v) is 11.9. The van der Waals surface area contributed by atoms with Crippen LogP contribution in [0, 0.1) is 0 Å². The smallest absolute Gasteiger partial charge is 0.230 e. The number of carbonyl (C=O) groups excluding carboxylic acids is 1. The summed E-state index contributed by atoms with van der Waals surface area (Å²) >= 11 is 7.39. The molecule has 32 heavy (non-hydrogen) atoms. The highest BCUT2D eigenvalue weighted by atomic mass is 35.5. The van der Waals surface area contributed by atoms with Crippen molar-refractivity contribution < 1.29 is 14.3 Å². The lowest BCUT2D eigenvalue weighted by Gasteiger charge is -2.12. The summed E-state index contributed by atoms with van der Waals surface area (Å²) in [6.07, 6.45) is 2.00. The third-order valence-corrected chi connectivity index (χ3v) is 5.65. The summed E-state index contributed by atoms with van der Waals surface area (Å²) in [7, 11) is 0. The predicted molar refractivity (Wildman–Crippen MR) is 127 cm³/mol. The summed E-state index contributed by atoms with van der Waals surface area (Å²) in [6, 6.07) is 14.8. The van der Waals surface area contributed by atoms with Crippen molar-refractivity contribution in [1.29, 1.82) is 0 Å². The van der Waals surface area contributed by atoms with E-state index >= 15 is 0 Å². The number of carbonyl (C=O) groups is 1. The SMILES string of the molecule is CCCCNC(=O)CSc1nnc(COc2ccc(OCC)cc2)n1-c1ccc(Cl)cc1. The fourth-order valence-electron chi connectivity index (χ4n) is 2.87. The third kappa shape index (κ3) is 6.90. The van der Waals surface area contributed by atoms with Gasteiger partial charge in [0.1, 0.15) is 18.1 Å². The highest BCUT2D eigenvalue weighted by molar-refractivity contribution is 7.99. The Balaban J connectivity index is 1.73. The maximum Gasteiger partial charge on any atom is 0.230 e. The van der Waals surface area contributed by atoms with Gasteiger partial charge in [-0.15, -0.1) is 10.2 Å². The molecule has 3 rings (SSSR count). The fourth-order valence-corrected chi connectivity index (χ4v) is 3.80. The van der Waals surface area contributed by atoms with Crippen LogP contribution >= 0.6 is 23.4 Å². The van der Waals surface area contributed by atoms with Crippen LogP contribution in [0.3, 0.4) is 0 Å². The number of ether oxygens (including phenoxy) is 2. The van der Waals surface area contributed by atoms with Crippen LogP contribution in [0.1, 0.15) is 32.5 Å². The number of nitrogens with one attached hydrogen (secondary N) is 1. The van der Waals surface area contributed by atoms with Crippen molar-refractivity contribution in [3.05, 3.63) is 59.4 Å². The molecule has 0 atom stereocenters. The van der Waals surface area contributed by atoms with E-state index in [1.54, 1.807) is 12.1 Å². The zero-order chi connectivity index (χ0) is 22.8. The van der Waals surface area contributed by atoms with Crippen LogP contribution in [0.25, 0.3) is 5.69 Å². The van der Waals surface area contributed by atoms with Gasteiger partial charge in [-0.1, -0.05) is 36.7 Å². The molecule has 0 spiro atoms. The van der Waals surface area contributed by atoms with E-state index < -0.39 is 0 Å². The first kappa shape index (κ1) is 23.9. The molecule has 0 radical (unpaired) electrons. The van der Waals surface area contributed by atoms with Crippen molar-refractivity contribution in [2.45, 2.75) is 38.5 Å². The summed E-state index contributed by atoms with van der Waals surface area (Å²) < 4.78 is 13.3. The van der Waals surface area contributed by atoms with Gasteiger partial charge in [0.2, 0.25) is 5.91 Å². The van der Waals surface area contributed by atoms with Crippen molar-refractivity contribution in [2.75, 3.05) is 18.9 Å². The van der Waals surface area contributed by atoms with E-state index in [0.717, 1.165) is 24.3 Å². The number of rotatable bonds is 12. The molecule has 0 aliphatic heterocycles. The fraction of sp³-hybridized carbons (Fsp3) is 0.348. The molecule has 0 aliphatic carbocycles. The van der Waals surface area contributed by atoms with Crippen molar-refractivity contribution in [3.63, 3.8) is 0 Å². The highest BCUT2D eigenvalue weighted by Crippen LogP contribution is 2.25. The average Bonchev–Trinajstić information content (AvgIpc) is 3.21. The number of amides is 1. The van der Waals surface area contributed by atoms with E-state index in [2.05, 4.69) is 22.4 Å². The minimum atomic E-state index is -0.0266. The van der Waals surface area contributed by atoms with Gasteiger partial charge in [-0.3, -0.25) is 9.36 Å². The van der Waals surface area contributed by atoms with Gasteiger partial charge in [0, 0.05) is 17.3 Å². The van der Waals surface area contributed by atoms with Crippen molar-refractivity contribution >= 4 is 29.3 Å². The maximum atomic E-state index is 12.1. The van der Waals surface area contributed by atoms with Crippen LogP contribution in [0.2, 0.25) is 5.02 Å². The first-order valence-electron chi connectivity index (χ1n) is 10.6. The zero-order valence-electron chi connectivity index (χ0n) is 18.2. The molecular formula is C23H27ClN4O3S. The second-order valence-electron chi connectivity index (χ2n) is 6.90. The molecule has 1 amide bonds. The second-order valence-corrected chi connectivity index (χ2v) is 8.27. The molecule has 7 nitrogen and oxygen atoms in total. The summed E-state index contributed by atoms with van der Waals surface area (Å²) in [6.45, 7) is 5.54. The van der Waals surface area contributed by atoms with Gasteiger partial charge in [0.05, 0.1) is 12.4 Å². The monoisotopic (exact) mass is 474 g/mol. The van der Waals surface area contributed by atoms with E-state index in [1.807, 2.05) is 47.9 Å². The molecule has 0 fully saturated rings. The minimum Gasteiger partial charge on any atom is -0.494 e. The lowest BCUT2D eigenvalue weighted by Crippen LogP contribution is -2.26. The van der Waals surface area contributed by atoms with Gasteiger partial charge in [-0.05, 0) is 61.9 Å². The molecule has 0 saturated heterocycles. The van der Waals surface area contributed by atoms with Crippen molar-refractivity contribution in [3.8, 4) is 17.2 Å². The number of hydrogen-bond donors (Lipinski definition) is 1. The third-order valence-electron chi connectivity index (χ3n) is 4.47. The normalized spacial score (nSPS) is 10.7. The van der Waals surface area contributed by atoms with E-state index in [9.17, 15) is 4.79 Å². The van der Waals surface area contributed by atoms with Crippen LogP contribution in [-0.4, -0.2) is 39.6 Å². The standard InChI is InChI=1S/C23H27ClN4O3S/c1-3-5-14-25-22(29)16-32-23-27-26-21(28(23)18-8-6-17(24)7-9-18)15-31-20-12-10-19(11-13-20)30-4-2/h6-13H,3-5,14-16H2,1-2H3,(H,25,29). The highest BCUT2D eigenvalue weighted by Gasteiger charge is 2.16. The number of aromatic nitrogens is 3. The molecule has 9 heteroatoms. The van der Waals surface area contributed by atoms with Gasteiger partial charge in [-0.2, -0.15) is 0 Å². The first-order chi connectivity index (χ1) is 15.6. The number of unbranched alkanes of at least 4 members (excludes halogenated alkanes) is 1. The summed E-state index contributed by atoms with van der Waals surface area (Å²) in [5.41, 5.74) is 0.846. The van der Waals surface area contributed by atoms with Crippen LogP contribution in [-0.2, 0) is 11.4 Å². The van der Waals surface area contributed by atoms with Gasteiger partial charge in [-0.25, -0.2) is 0 Å². The van der Waals surface area contributed by atoms with E-state index in [4.69, 9.17) is 21.1 Å². The quantitative estimate of drug-likeness (QED) is 0.297. The van der Waals surface area contributed by atoms with Crippen molar-refractivity contribution in [2.24, 2.45) is 0 Å². The van der Waals surface area contributed by atoms with Crippen molar-refractivity contribution in [1.82, 2.24) is 20.1 Å². The Bertz CT molecular complexity index is 993. The topological polar surface area (TPSA) is 78.3 Å².